The van der Waals surface area contributed by atoms with Crippen LogP contribution in [0.15, 0.2) is 52.3 Å². The van der Waals surface area contributed by atoms with E-state index in [1.54, 1.807) is 19.2 Å². The summed E-state index contributed by atoms with van der Waals surface area (Å²) >= 11 is 1.27. The summed E-state index contributed by atoms with van der Waals surface area (Å²) in [6.07, 6.45) is 2.19. The third-order valence-electron chi connectivity index (χ3n) is 5.09. The Labute approximate surface area is 174 Å². The number of nitro benzene ring substituents is 1. The molecule has 0 radical (unpaired) electrons. The number of nitrogens with zero attached hydrogens (tertiary/aromatic N) is 2. The zero-order valence-electron chi connectivity index (χ0n) is 16.6. The first-order valence-electron chi connectivity index (χ1n) is 9.64. The monoisotopic (exact) mass is 415 g/mol. The lowest BCUT2D eigenvalue weighted by Gasteiger charge is -2.22. The Morgan fingerprint density at radius 1 is 1.34 bits per heavy atom. The molecule has 8 heteroatoms. The van der Waals surface area contributed by atoms with Crippen LogP contribution in [-0.4, -0.2) is 48.5 Å². The van der Waals surface area contributed by atoms with Gasteiger partial charge in [-0.05, 0) is 56.3 Å². The Kier molecular flexibility index (Phi) is 7.11. The SMILES string of the molecule is CCN1CCCC1CNC(=O)c1ccc(Sc2cccc(OC)c2)c([N+](=O)[O-])c1. The van der Waals surface area contributed by atoms with Crippen molar-refractivity contribution in [3.8, 4) is 5.75 Å². The number of hydrogen-bond acceptors (Lipinski definition) is 6. The highest BCUT2D eigenvalue weighted by Gasteiger charge is 2.24. The van der Waals surface area contributed by atoms with E-state index in [4.69, 9.17) is 4.74 Å². The smallest absolute Gasteiger partial charge is 0.284 e. The van der Waals surface area contributed by atoms with Crippen molar-refractivity contribution >= 4 is 23.4 Å². The van der Waals surface area contributed by atoms with Crippen molar-refractivity contribution in [1.82, 2.24) is 10.2 Å². The molecule has 0 spiro atoms. The molecule has 0 aromatic heterocycles. The highest BCUT2D eigenvalue weighted by molar-refractivity contribution is 7.99. The summed E-state index contributed by atoms with van der Waals surface area (Å²) < 4.78 is 5.20. The van der Waals surface area contributed by atoms with Crippen molar-refractivity contribution in [1.29, 1.82) is 0 Å². The first kappa shape index (κ1) is 21.1. The van der Waals surface area contributed by atoms with Gasteiger partial charge in [-0.2, -0.15) is 0 Å². The predicted molar refractivity (Wildman–Crippen MR) is 113 cm³/mol. The van der Waals surface area contributed by atoms with E-state index in [-0.39, 0.29) is 11.6 Å². The molecule has 1 amide bonds. The van der Waals surface area contributed by atoms with E-state index in [9.17, 15) is 14.9 Å². The fraction of sp³-hybridized carbons (Fsp3) is 0.381. The molecule has 1 saturated heterocycles. The van der Waals surface area contributed by atoms with Crippen LogP contribution in [0.4, 0.5) is 5.69 Å². The molecular weight excluding hydrogens is 390 g/mol. The second-order valence-corrected chi connectivity index (χ2v) is 7.97. The number of likely N-dealkylation sites (N-methyl/N-ethyl adjacent to an activating group) is 1. The number of carbonyl (C=O) groups is 1. The molecule has 1 unspecified atom stereocenters. The molecule has 1 atom stereocenters. The van der Waals surface area contributed by atoms with Crippen LogP contribution >= 0.6 is 11.8 Å². The summed E-state index contributed by atoms with van der Waals surface area (Å²) in [7, 11) is 1.57. The molecule has 0 aliphatic carbocycles. The average molecular weight is 416 g/mol. The first-order chi connectivity index (χ1) is 14.0. The van der Waals surface area contributed by atoms with Crippen LogP contribution in [0, 0.1) is 10.1 Å². The minimum atomic E-state index is -0.449. The molecule has 2 aromatic carbocycles. The molecule has 1 aliphatic rings. The van der Waals surface area contributed by atoms with Gasteiger partial charge >= 0.3 is 0 Å². The van der Waals surface area contributed by atoms with Gasteiger partial charge in [0, 0.05) is 29.1 Å². The van der Waals surface area contributed by atoms with Crippen LogP contribution in [0.1, 0.15) is 30.1 Å². The summed E-state index contributed by atoms with van der Waals surface area (Å²) in [6, 6.07) is 12.3. The Morgan fingerprint density at radius 3 is 2.90 bits per heavy atom. The molecule has 1 heterocycles. The zero-order chi connectivity index (χ0) is 20.8. The highest BCUT2D eigenvalue weighted by Crippen LogP contribution is 2.36. The van der Waals surface area contributed by atoms with Gasteiger partial charge in [0.25, 0.3) is 11.6 Å². The summed E-state index contributed by atoms with van der Waals surface area (Å²) in [4.78, 5) is 27.3. The van der Waals surface area contributed by atoms with Crippen LogP contribution in [0.2, 0.25) is 0 Å². The van der Waals surface area contributed by atoms with Crippen molar-refractivity contribution in [3.63, 3.8) is 0 Å². The Bertz CT molecular complexity index is 890. The Morgan fingerprint density at radius 2 is 2.17 bits per heavy atom. The molecule has 1 N–H and O–H groups in total. The van der Waals surface area contributed by atoms with E-state index in [0.29, 0.717) is 28.8 Å². The van der Waals surface area contributed by atoms with Gasteiger partial charge in [0.2, 0.25) is 0 Å². The van der Waals surface area contributed by atoms with Crippen LogP contribution in [0.5, 0.6) is 5.75 Å². The average Bonchev–Trinajstić information content (AvgIpc) is 3.20. The molecule has 29 heavy (non-hydrogen) atoms. The van der Waals surface area contributed by atoms with Crippen molar-refractivity contribution in [3.05, 3.63) is 58.1 Å². The van der Waals surface area contributed by atoms with Gasteiger partial charge in [-0.25, -0.2) is 0 Å². The number of ether oxygens (including phenoxy) is 1. The maximum Gasteiger partial charge on any atom is 0.284 e. The van der Waals surface area contributed by atoms with E-state index in [2.05, 4.69) is 17.1 Å². The molecule has 0 bridgehead atoms. The minimum Gasteiger partial charge on any atom is -0.497 e. The number of hydrogen-bond donors (Lipinski definition) is 1. The van der Waals surface area contributed by atoms with Crippen LogP contribution in [0.3, 0.4) is 0 Å². The van der Waals surface area contributed by atoms with E-state index >= 15 is 0 Å². The third kappa shape index (κ3) is 5.27. The zero-order valence-corrected chi connectivity index (χ0v) is 17.4. The summed E-state index contributed by atoms with van der Waals surface area (Å²) in [5, 5.41) is 14.5. The largest absolute Gasteiger partial charge is 0.497 e. The van der Waals surface area contributed by atoms with Crippen LogP contribution in [-0.2, 0) is 0 Å². The van der Waals surface area contributed by atoms with Gasteiger partial charge < -0.3 is 10.1 Å². The fourth-order valence-corrected chi connectivity index (χ4v) is 4.48. The first-order valence-corrected chi connectivity index (χ1v) is 10.5. The molecule has 7 nitrogen and oxygen atoms in total. The Balaban J connectivity index is 1.73. The molecule has 2 aromatic rings. The van der Waals surface area contributed by atoms with Gasteiger partial charge in [-0.1, -0.05) is 24.8 Å². The predicted octanol–water partition coefficient (Wildman–Crippen LogP) is 3.97. The lowest BCUT2D eigenvalue weighted by Crippen LogP contribution is -2.40. The normalized spacial score (nSPS) is 16.6. The quantitative estimate of drug-likeness (QED) is 0.519. The topological polar surface area (TPSA) is 84.7 Å². The van der Waals surface area contributed by atoms with E-state index in [1.807, 2.05) is 24.3 Å². The molecule has 1 aliphatic heterocycles. The number of methoxy groups -OCH3 is 1. The third-order valence-corrected chi connectivity index (χ3v) is 6.15. The van der Waals surface area contributed by atoms with E-state index < -0.39 is 4.92 Å². The number of carbonyl (C=O) groups excluding carboxylic acids is 1. The second-order valence-electron chi connectivity index (χ2n) is 6.86. The summed E-state index contributed by atoms with van der Waals surface area (Å²) in [6.45, 7) is 4.68. The van der Waals surface area contributed by atoms with Gasteiger partial charge in [0.1, 0.15) is 5.75 Å². The number of benzene rings is 2. The minimum absolute atomic E-state index is 0.0819. The van der Waals surface area contributed by atoms with Crippen molar-refractivity contribution in [2.45, 2.75) is 35.6 Å². The van der Waals surface area contributed by atoms with Crippen molar-refractivity contribution < 1.29 is 14.5 Å². The fourth-order valence-electron chi connectivity index (χ4n) is 3.53. The molecule has 3 rings (SSSR count). The molecule has 1 fully saturated rings. The summed E-state index contributed by atoms with van der Waals surface area (Å²) in [5.74, 6) is 0.399. The maximum atomic E-state index is 12.5. The maximum absolute atomic E-state index is 12.5. The van der Waals surface area contributed by atoms with Gasteiger partial charge in [-0.3, -0.25) is 19.8 Å². The van der Waals surface area contributed by atoms with Gasteiger partial charge in [-0.15, -0.1) is 0 Å². The number of nitro groups is 1. The molecule has 154 valence electrons. The number of rotatable bonds is 8. The molecular formula is C21H25N3O4S. The van der Waals surface area contributed by atoms with Crippen molar-refractivity contribution in [2.24, 2.45) is 0 Å². The van der Waals surface area contributed by atoms with E-state index in [0.717, 1.165) is 30.8 Å². The van der Waals surface area contributed by atoms with Gasteiger partial charge in [0.15, 0.2) is 0 Å². The van der Waals surface area contributed by atoms with Gasteiger partial charge in [0.05, 0.1) is 16.9 Å². The lowest BCUT2D eigenvalue weighted by molar-refractivity contribution is -0.387. The number of likely N-dealkylation sites (tertiary alicyclic amines) is 1. The summed E-state index contributed by atoms with van der Waals surface area (Å²) in [5.41, 5.74) is 0.217. The van der Waals surface area contributed by atoms with Crippen LogP contribution in [0.25, 0.3) is 0 Å². The van der Waals surface area contributed by atoms with Crippen LogP contribution < -0.4 is 10.1 Å². The molecule has 0 saturated carbocycles. The van der Waals surface area contributed by atoms with E-state index in [1.165, 1.54) is 17.8 Å². The standard InChI is InChI=1S/C21H25N3O4S/c1-3-23-11-5-6-16(23)14-22-21(25)15-9-10-20(19(12-15)24(26)27)29-18-8-4-7-17(13-18)28-2/h4,7-10,12-13,16H,3,5-6,11,14H2,1-2H3,(H,22,25). The highest BCUT2D eigenvalue weighted by atomic mass is 32.2. The number of nitrogens with one attached hydrogen (secondary N) is 1. The number of amides is 1. The second kappa shape index (κ2) is 9.76. The lowest BCUT2D eigenvalue weighted by atomic mass is 10.1. The Hall–Kier alpha value is -2.58. The van der Waals surface area contributed by atoms with Crippen molar-refractivity contribution in [2.75, 3.05) is 26.7 Å².